The molecule has 140 valence electrons. The van der Waals surface area contributed by atoms with Crippen molar-refractivity contribution in [1.29, 1.82) is 0 Å². The van der Waals surface area contributed by atoms with Crippen molar-refractivity contribution in [1.82, 2.24) is 15.1 Å². The number of hydrogen-bond donors (Lipinski definition) is 1. The Hall–Kier alpha value is -3.08. The van der Waals surface area contributed by atoms with Gasteiger partial charge < -0.3 is 10.1 Å². The summed E-state index contributed by atoms with van der Waals surface area (Å²) < 4.78 is 7.01. The molecule has 0 aliphatic rings. The highest BCUT2D eigenvalue weighted by molar-refractivity contribution is 5.94. The first kappa shape index (κ1) is 18.7. The summed E-state index contributed by atoms with van der Waals surface area (Å²) in [5.74, 6) is 0.636. The molecule has 0 saturated heterocycles. The summed E-state index contributed by atoms with van der Waals surface area (Å²) in [5, 5.41) is 7.69. The number of amides is 1. The van der Waals surface area contributed by atoms with E-state index < -0.39 is 0 Å². The number of unbranched alkanes of at least 4 members (excludes halogenated alkanes) is 1. The fourth-order valence-corrected chi connectivity index (χ4v) is 2.82. The van der Waals surface area contributed by atoms with Crippen LogP contribution in [0.3, 0.4) is 0 Å². The number of ether oxygens (including phenoxy) is 1. The van der Waals surface area contributed by atoms with Crippen LogP contribution in [0.25, 0.3) is 16.9 Å². The molecule has 3 rings (SSSR count). The standard InChI is InChI=1S/C22H25N3O2/c1-4-5-13-23-22(26)21-15-20(17-7-6-8-19(14-17)27-3)24-25(21)18-11-9-16(2)10-12-18/h6-12,14-15H,4-5,13H2,1-3H3,(H,23,26). The van der Waals surface area contributed by atoms with Gasteiger partial charge in [0.2, 0.25) is 0 Å². The number of nitrogens with one attached hydrogen (secondary N) is 1. The number of rotatable bonds is 7. The fourth-order valence-electron chi connectivity index (χ4n) is 2.82. The minimum Gasteiger partial charge on any atom is -0.497 e. The molecule has 3 aromatic rings. The molecule has 0 saturated carbocycles. The van der Waals surface area contributed by atoms with Gasteiger partial charge in [0.1, 0.15) is 11.4 Å². The van der Waals surface area contributed by atoms with E-state index in [2.05, 4.69) is 12.2 Å². The highest BCUT2D eigenvalue weighted by Crippen LogP contribution is 2.25. The molecule has 1 heterocycles. The van der Waals surface area contributed by atoms with E-state index in [0.717, 1.165) is 41.1 Å². The average molecular weight is 363 g/mol. The largest absolute Gasteiger partial charge is 0.497 e. The first-order valence-corrected chi connectivity index (χ1v) is 9.22. The van der Waals surface area contributed by atoms with Crippen LogP contribution in [0.4, 0.5) is 0 Å². The van der Waals surface area contributed by atoms with E-state index in [4.69, 9.17) is 9.84 Å². The number of nitrogens with zero attached hydrogens (tertiary/aromatic N) is 2. The van der Waals surface area contributed by atoms with E-state index in [0.29, 0.717) is 12.2 Å². The maximum atomic E-state index is 12.8. The number of aryl methyl sites for hydroxylation is 1. The Morgan fingerprint density at radius 2 is 1.93 bits per heavy atom. The maximum absolute atomic E-state index is 12.8. The molecule has 0 radical (unpaired) electrons. The lowest BCUT2D eigenvalue weighted by atomic mass is 10.1. The number of methoxy groups -OCH3 is 1. The lowest BCUT2D eigenvalue weighted by Crippen LogP contribution is -2.26. The molecule has 1 N–H and O–H groups in total. The van der Waals surface area contributed by atoms with E-state index in [-0.39, 0.29) is 5.91 Å². The molecule has 0 spiro atoms. The smallest absolute Gasteiger partial charge is 0.270 e. The molecule has 0 atom stereocenters. The highest BCUT2D eigenvalue weighted by Gasteiger charge is 2.17. The summed E-state index contributed by atoms with van der Waals surface area (Å²) in [6.45, 7) is 4.79. The third-order valence-electron chi connectivity index (χ3n) is 4.40. The number of hydrogen-bond acceptors (Lipinski definition) is 3. The minimum absolute atomic E-state index is 0.120. The zero-order valence-corrected chi connectivity index (χ0v) is 16.0. The van der Waals surface area contributed by atoms with Crippen LogP contribution in [0.2, 0.25) is 0 Å². The molecule has 1 amide bonds. The zero-order chi connectivity index (χ0) is 19.2. The lowest BCUT2D eigenvalue weighted by molar-refractivity contribution is 0.0945. The summed E-state index contributed by atoms with van der Waals surface area (Å²) in [4.78, 5) is 12.8. The van der Waals surface area contributed by atoms with Crippen LogP contribution in [0.1, 0.15) is 35.8 Å². The van der Waals surface area contributed by atoms with E-state index in [1.807, 2.05) is 61.5 Å². The van der Waals surface area contributed by atoms with Gasteiger partial charge in [0.15, 0.2) is 0 Å². The van der Waals surface area contributed by atoms with Crippen molar-refractivity contribution in [3.8, 4) is 22.7 Å². The van der Waals surface area contributed by atoms with Crippen LogP contribution in [0, 0.1) is 6.92 Å². The van der Waals surface area contributed by atoms with Gasteiger partial charge in [-0.15, -0.1) is 0 Å². The van der Waals surface area contributed by atoms with Crippen LogP contribution < -0.4 is 10.1 Å². The molecule has 5 nitrogen and oxygen atoms in total. The first-order chi connectivity index (χ1) is 13.1. The number of aromatic nitrogens is 2. The van der Waals surface area contributed by atoms with Crippen LogP contribution in [-0.2, 0) is 0 Å². The summed E-state index contributed by atoms with van der Waals surface area (Å²) in [7, 11) is 1.64. The Balaban J connectivity index is 2.02. The van der Waals surface area contributed by atoms with Gasteiger partial charge in [0.25, 0.3) is 5.91 Å². The van der Waals surface area contributed by atoms with E-state index in [1.165, 1.54) is 0 Å². The van der Waals surface area contributed by atoms with Gasteiger partial charge in [0.05, 0.1) is 18.5 Å². The van der Waals surface area contributed by atoms with Crippen molar-refractivity contribution in [3.63, 3.8) is 0 Å². The summed E-state index contributed by atoms with van der Waals surface area (Å²) in [5.41, 5.74) is 4.17. The van der Waals surface area contributed by atoms with Crippen LogP contribution in [0.15, 0.2) is 54.6 Å². The second kappa shape index (κ2) is 8.54. The van der Waals surface area contributed by atoms with Gasteiger partial charge in [-0.3, -0.25) is 4.79 Å². The van der Waals surface area contributed by atoms with Crippen LogP contribution >= 0.6 is 0 Å². The summed E-state index contributed by atoms with van der Waals surface area (Å²) in [6, 6.07) is 17.5. The Labute approximate surface area is 160 Å². The summed E-state index contributed by atoms with van der Waals surface area (Å²) >= 11 is 0. The van der Waals surface area contributed by atoms with Crippen molar-refractivity contribution >= 4 is 5.91 Å². The average Bonchev–Trinajstić information content (AvgIpc) is 3.14. The van der Waals surface area contributed by atoms with Gasteiger partial charge in [-0.25, -0.2) is 4.68 Å². The fraction of sp³-hybridized carbons (Fsp3) is 0.273. The van der Waals surface area contributed by atoms with Crippen molar-refractivity contribution in [2.24, 2.45) is 0 Å². The predicted molar refractivity (Wildman–Crippen MR) is 108 cm³/mol. The quantitative estimate of drug-likeness (QED) is 0.634. The van der Waals surface area contributed by atoms with Crippen molar-refractivity contribution in [3.05, 3.63) is 65.9 Å². The van der Waals surface area contributed by atoms with Gasteiger partial charge in [-0.05, 0) is 43.7 Å². The molecule has 0 aliphatic heterocycles. The normalized spacial score (nSPS) is 10.6. The molecular formula is C22H25N3O2. The van der Waals surface area contributed by atoms with Crippen LogP contribution in [-0.4, -0.2) is 29.3 Å². The third-order valence-corrected chi connectivity index (χ3v) is 4.40. The molecule has 2 aromatic carbocycles. The Morgan fingerprint density at radius 3 is 2.63 bits per heavy atom. The zero-order valence-electron chi connectivity index (χ0n) is 16.0. The van der Waals surface area contributed by atoms with E-state index in [1.54, 1.807) is 11.8 Å². The van der Waals surface area contributed by atoms with E-state index in [9.17, 15) is 4.79 Å². The molecule has 5 heteroatoms. The lowest BCUT2D eigenvalue weighted by Gasteiger charge is -2.08. The highest BCUT2D eigenvalue weighted by atomic mass is 16.5. The van der Waals surface area contributed by atoms with Gasteiger partial charge in [0, 0.05) is 12.1 Å². The third kappa shape index (κ3) is 4.37. The second-order valence-corrected chi connectivity index (χ2v) is 6.50. The molecule has 27 heavy (non-hydrogen) atoms. The number of benzene rings is 2. The number of carbonyl (C=O) groups excluding carboxylic acids is 1. The predicted octanol–water partition coefficient (Wildman–Crippen LogP) is 4.39. The van der Waals surface area contributed by atoms with Gasteiger partial charge in [-0.2, -0.15) is 5.10 Å². The van der Waals surface area contributed by atoms with E-state index >= 15 is 0 Å². The van der Waals surface area contributed by atoms with Gasteiger partial charge >= 0.3 is 0 Å². The van der Waals surface area contributed by atoms with Gasteiger partial charge in [-0.1, -0.05) is 43.2 Å². The number of carbonyl (C=O) groups is 1. The molecule has 1 aromatic heterocycles. The Bertz CT molecular complexity index is 914. The van der Waals surface area contributed by atoms with Crippen LogP contribution in [0.5, 0.6) is 5.75 Å². The Kier molecular flexibility index (Phi) is 5.91. The minimum atomic E-state index is -0.120. The molecular weight excluding hydrogens is 338 g/mol. The van der Waals surface area contributed by atoms with Crippen molar-refractivity contribution in [2.45, 2.75) is 26.7 Å². The summed E-state index contributed by atoms with van der Waals surface area (Å²) in [6.07, 6.45) is 1.99. The first-order valence-electron chi connectivity index (χ1n) is 9.22. The monoisotopic (exact) mass is 363 g/mol. The maximum Gasteiger partial charge on any atom is 0.270 e. The Morgan fingerprint density at radius 1 is 1.15 bits per heavy atom. The molecule has 0 aliphatic carbocycles. The molecule has 0 bridgehead atoms. The van der Waals surface area contributed by atoms with Crippen molar-refractivity contribution < 1.29 is 9.53 Å². The second-order valence-electron chi connectivity index (χ2n) is 6.50. The molecule has 0 fully saturated rings. The van der Waals surface area contributed by atoms with Crippen molar-refractivity contribution in [2.75, 3.05) is 13.7 Å². The topological polar surface area (TPSA) is 56.1 Å². The SMILES string of the molecule is CCCCNC(=O)c1cc(-c2cccc(OC)c2)nn1-c1ccc(C)cc1. The molecule has 0 unspecified atom stereocenters.